The standard InChI is InChI=1S/C15H19N5O2S.HI/c1-11-9-18-14(23-11)6-7-17-15(16-2)19-10-12-4-3-5-13(8-12)20(21)22;/h3-5,8-9H,6-7,10H2,1-2H3,(H2,16,17,19);1H. The summed E-state index contributed by atoms with van der Waals surface area (Å²) < 4.78 is 0. The number of benzene rings is 1. The van der Waals surface area contributed by atoms with Gasteiger partial charge in [-0.15, -0.1) is 35.3 Å². The Labute approximate surface area is 161 Å². The first-order valence-corrected chi connectivity index (χ1v) is 7.99. The van der Waals surface area contributed by atoms with Gasteiger partial charge in [-0.3, -0.25) is 15.1 Å². The molecular formula is C15H20IN5O2S. The second-order valence-corrected chi connectivity index (χ2v) is 6.21. The van der Waals surface area contributed by atoms with Gasteiger partial charge in [0.25, 0.3) is 5.69 Å². The zero-order valence-corrected chi connectivity index (χ0v) is 16.6. The number of aromatic nitrogens is 1. The summed E-state index contributed by atoms with van der Waals surface area (Å²) in [7, 11) is 1.69. The Morgan fingerprint density at radius 2 is 2.21 bits per heavy atom. The van der Waals surface area contributed by atoms with Crippen LogP contribution in [0.2, 0.25) is 0 Å². The molecule has 0 bridgehead atoms. The fraction of sp³-hybridized carbons (Fsp3) is 0.333. The fourth-order valence-electron chi connectivity index (χ4n) is 1.99. The first-order chi connectivity index (χ1) is 11.1. The largest absolute Gasteiger partial charge is 0.356 e. The van der Waals surface area contributed by atoms with Crippen LogP contribution in [0.4, 0.5) is 5.69 Å². The van der Waals surface area contributed by atoms with Crippen LogP contribution in [0.3, 0.4) is 0 Å². The van der Waals surface area contributed by atoms with E-state index in [0.717, 1.165) is 23.5 Å². The minimum Gasteiger partial charge on any atom is -0.356 e. The zero-order chi connectivity index (χ0) is 16.7. The number of guanidine groups is 1. The molecule has 130 valence electrons. The smallest absolute Gasteiger partial charge is 0.269 e. The van der Waals surface area contributed by atoms with Gasteiger partial charge >= 0.3 is 0 Å². The molecule has 0 radical (unpaired) electrons. The van der Waals surface area contributed by atoms with Gasteiger partial charge in [0, 0.05) is 49.8 Å². The lowest BCUT2D eigenvalue weighted by Crippen LogP contribution is -2.37. The molecule has 2 rings (SSSR count). The normalized spacial score (nSPS) is 10.8. The quantitative estimate of drug-likeness (QED) is 0.227. The van der Waals surface area contributed by atoms with Gasteiger partial charge in [-0.2, -0.15) is 0 Å². The van der Waals surface area contributed by atoms with Gasteiger partial charge in [-0.25, -0.2) is 4.98 Å². The van der Waals surface area contributed by atoms with Crippen LogP contribution in [0.1, 0.15) is 15.4 Å². The number of hydrogen-bond acceptors (Lipinski definition) is 5. The molecule has 0 aliphatic heterocycles. The molecule has 7 nitrogen and oxygen atoms in total. The molecule has 0 saturated carbocycles. The Bertz CT molecular complexity index is 705. The minimum absolute atomic E-state index is 0. The minimum atomic E-state index is -0.396. The number of nitrogens with one attached hydrogen (secondary N) is 2. The van der Waals surface area contributed by atoms with Crippen molar-refractivity contribution in [2.45, 2.75) is 19.9 Å². The van der Waals surface area contributed by atoms with E-state index >= 15 is 0 Å². The molecule has 0 unspecified atom stereocenters. The van der Waals surface area contributed by atoms with E-state index < -0.39 is 4.92 Å². The lowest BCUT2D eigenvalue weighted by Gasteiger charge is -2.11. The van der Waals surface area contributed by atoms with E-state index in [9.17, 15) is 10.1 Å². The Kier molecular flexibility index (Phi) is 8.61. The van der Waals surface area contributed by atoms with Crippen LogP contribution in [-0.2, 0) is 13.0 Å². The molecule has 9 heteroatoms. The molecular weight excluding hydrogens is 441 g/mol. The van der Waals surface area contributed by atoms with Gasteiger partial charge in [0.15, 0.2) is 5.96 Å². The molecule has 0 saturated heterocycles. The molecule has 1 heterocycles. The summed E-state index contributed by atoms with van der Waals surface area (Å²) in [6.45, 7) is 3.23. The number of hydrogen-bond donors (Lipinski definition) is 2. The molecule has 2 aromatic rings. The second-order valence-electron chi connectivity index (χ2n) is 4.89. The Hall–Kier alpha value is -1.75. The van der Waals surface area contributed by atoms with Gasteiger partial charge in [-0.05, 0) is 12.5 Å². The summed E-state index contributed by atoms with van der Waals surface area (Å²) in [5.74, 6) is 0.657. The van der Waals surface area contributed by atoms with Crippen molar-refractivity contribution < 1.29 is 4.92 Å². The van der Waals surface area contributed by atoms with Crippen LogP contribution in [-0.4, -0.2) is 29.5 Å². The predicted molar refractivity (Wildman–Crippen MR) is 107 cm³/mol. The molecule has 0 amide bonds. The van der Waals surface area contributed by atoms with Crippen LogP contribution in [0, 0.1) is 17.0 Å². The number of thiazole rings is 1. The molecule has 1 aromatic heterocycles. The molecule has 0 aliphatic rings. The van der Waals surface area contributed by atoms with Gasteiger partial charge in [0.05, 0.1) is 9.93 Å². The zero-order valence-electron chi connectivity index (χ0n) is 13.5. The molecule has 0 spiro atoms. The molecule has 0 atom stereocenters. The van der Waals surface area contributed by atoms with Crippen molar-refractivity contribution in [3.8, 4) is 0 Å². The van der Waals surface area contributed by atoms with E-state index in [1.54, 1.807) is 30.5 Å². The number of rotatable bonds is 6. The summed E-state index contributed by atoms with van der Waals surface area (Å²) in [4.78, 5) is 20.0. The van der Waals surface area contributed by atoms with E-state index in [1.807, 2.05) is 19.2 Å². The number of nitrogens with zero attached hydrogens (tertiary/aromatic N) is 3. The van der Waals surface area contributed by atoms with Crippen molar-refractivity contribution >= 4 is 47.0 Å². The SMILES string of the molecule is CN=C(NCCc1ncc(C)s1)NCc1cccc([N+](=O)[O-])c1.I. The molecule has 2 N–H and O–H groups in total. The molecule has 0 aliphatic carbocycles. The number of nitro benzene ring substituents is 1. The van der Waals surface area contributed by atoms with Crippen LogP contribution < -0.4 is 10.6 Å². The monoisotopic (exact) mass is 461 g/mol. The Morgan fingerprint density at radius 3 is 2.83 bits per heavy atom. The van der Waals surface area contributed by atoms with Crippen LogP contribution in [0.15, 0.2) is 35.5 Å². The summed E-state index contributed by atoms with van der Waals surface area (Å²) in [6, 6.07) is 6.55. The Morgan fingerprint density at radius 1 is 1.42 bits per heavy atom. The number of non-ortho nitro benzene ring substituents is 1. The highest BCUT2D eigenvalue weighted by molar-refractivity contribution is 14.0. The van der Waals surface area contributed by atoms with E-state index in [1.165, 1.54) is 10.9 Å². The topological polar surface area (TPSA) is 92.5 Å². The third-order valence-corrected chi connectivity index (χ3v) is 4.08. The number of halogens is 1. The first kappa shape index (κ1) is 20.3. The van der Waals surface area contributed by atoms with Crippen LogP contribution in [0.5, 0.6) is 0 Å². The number of nitro groups is 1. The van der Waals surface area contributed by atoms with Crippen molar-refractivity contribution in [2.75, 3.05) is 13.6 Å². The molecule has 0 fully saturated rings. The summed E-state index contributed by atoms with van der Waals surface area (Å²) >= 11 is 1.69. The van der Waals surface area contributed by atoms with E-state index in [2.05, 4.69) is 20.6 Å². The predicted octanol–water partition coefficient (Wildman–Crippen LogP) is 2.89. The lowest BCUT2D eigenvalue weighted by atomic mass is 10.2. The molecule has 24 heavy (non-hydrogen) atoms. The van der Waals surface area contributed by atoms with Gasteiger partial charge in [0.1, 0.15) is 0 Å². The van der Waals surface area contributed by atoms with E-state index in [0.29, 0.717) is 12.5 Å². The summed E-state index contributed by atoms with van der Waals surface area (Å²) in [6.07, 6.45) is 2.70. The fourth-order valence-corrected chi connectivity index (χ4v) is 2.78. The van der Waals surface area contributed by atoms with Crippen molar-refractivity contribution in [1.82, 2.24) is 15.6 Å². The van der Waals surface area contributed by atoms with Gasteiger partial charge < -0.3 is 10.6 Å². The molecule has 1 aromatic carbocycles. The van der Waals surface area contributed by atoms with Gasteiger partial charge in [-0.1, -0.05) is 12.1 Å². The highest BCUT2D eigenvalue weighted by Crippen LogP contribution is 2.13. The lowest BCUT2D eigenvalue weighted by molar-refractivity contribution is -0.384. The van der Waals surface area contributed by atoms with Crippen molar-refractivity contribution in [3.63, 3.8) is 0 Å². The summed E-state index contributed by atoms with van der Waals surface area (Å²) in [5.41, 5.74) is 0.920. The third-order valence-electron chi connectivity index (χ3n) is 3.11. The highest BCUT2D eigenvalue weighted by atomic mass is 127. The maximum Gasteiger partial charge on any atom is 0.269 e. The maximum absolute atomic E-state index is 10.8. The van der Waals surface area contributed by atoms with Gasteiger partial charge in [0.2, 0.25) is 0 Å². The van der Waals surface area contributed by atoms with Crippen molar-refractivity contribution in [3.05, 3.63) is 56.0 Å². The second kappa shape index (κ2) is 10.2. The van der Waals surface area contributed by atoms with Crippen molar-refractivity contribution in [1.29, 1.82) is 0 Å². The van der Waals surface area contributed by atoms with E-state index in [4.69, 9.17) is 0 Å². The number of aliphatic imine (C=N–C) groups is 1. The average Bonchev–Trinajstić information content (AvgIpc) is 2.96. The van der Waals surface area contributed by atoms with Crippen LogP contribution >= 0.6 is 35.3 Å². The third kappa shape index (κ3) is 6.40. The summed E-state index contributed by atoms with van der Waals surface area (Å²) in [5, 5.41) is 18.2. The highest BCUT2D eigenvalue weighted by Gasteiger charge is 2.06. The maximum atomic E-state index is 10.8. The Balaban J connectivity index is 0.00000288. The number of aryl methyl sites for hydroxylation is 1. The average molecular weight is 461 g/mol. The van der Waals surface area contributed by atoms with Crippen molar-refractivity contribution in [2.24, 2.45) is 4.99 Å². The van der Waals surface area contributed by atoms with Crippen LogP contribution in [0.25, 0.3) is 0 Å². The van der Waals surface area contributed by atoms with E-state index in [-0.39, 0.29) is 29.7 Å². The first-order valence-electron chi connectivity index (χ1n) is 7.17.